The van der Waals surface area contributed by atoms with E-state index in [4.69, 9.17) is 0 Å². The smallest absolute Gasteiger partial charge is 0.254 e. The predicted octanol–water partition coefficient (Wildman–Crippen LogP) is 3.28. The number of anilines is 1. The highest BCUT2D eigenvalue weighted by atomic mass is 16.2. The summed E-state index contributed by atoms with van der Waals surface area (Å²) in [6, 6.07) is 12.6. The number of likely N-dealkylation sites (N-methyl/N-ethyl adjacent to an activating group) is 1. The lowest BCUT2D eigenvalue weighted by Gasteiger charge is -2.39. The molecule has 2 amide bonds. The average Bonchev–Trinajstić information content (AvgIpc) is 3.03. The number of benzene rings is 1. The lowest BCUT2D eigenvalue weighted by molar-refractivity contribution is -0.119. The molecular formula is C22H22N4O2. The van der Waals surface area contributed by atoms with E-state index in [1.165, 1.54) is 0 Å². The molecule has 2 atom stereocenters. The van der Waals surface area contributed by atoms with Crippen LogP contribution >= 0.6 is 0 Å². The second kappa shape index (κ2) is 6.96. The van der Waals surface area contributed by atoms with Gasteiger partial charge >= 0.3 is 0 Å². The normalized spacial score (nSPS) is 18.7. The van der Waals surface area contributed by atoms with Crippen molar-refractivity contribution in [2.75, 3.05) is 12.4 Å². The van der Waals surface area contributed by atoms with Crippen molar-refractivity contribution in [1.82, 2.24) is 14.5 Å². The van der Waals surface area contributed by atoms with Gasteiger partial charge in [-0.15, -0.1) is 0 Å². The summed E-state index contributed by atoms with van der Waals surface area (Å²) < 4.78 is 2.00. The number of carbonyl (C=O) groups is 2. The fourth-order valence-corrected chi connectivity index (χ4v) is 3.90. The molecule has 2 aromatic heterocycles. The van der Waals surface area contributed by atoms with Crippen molar-refractivity contribution in [3.8, 4) is 0 Å². The summed E-state index contributed by atoms with van der Waals surface area (Å²) in [5.41, 5.74) is 3.96. The number of nitrogens with zero attached hydrogens (tertiary/aromatic N) is 3. The Morgan fingerprint density at radius 3 is 2.61 bits per heavy atom. The number of amides is 2. The summed E-state index contributed by atoms with van der Waals surface area (Å²) >= 11 is 0. The van der Waals surface area contributed by atoms with E-state index in [1.807, 2.05) is 49.0 Å². The fourth-order valence-electron chi connectivity index (χ4n) is 3.90. The Labute approximate surface area is 163 Å². The van der Waals surface area contributed by atoms with E-state index in [0.29, 0.717) is 11.3 Å². The highest BCUT2D eigenvalue weighted by molar-refractivity contribution is 6.04. The Balaban J connectivity index is 1.82. The third-order valence-electron chi connectivity index (χ3n) is 5.41. The standard InChI is InChI=1S/C22H22N4O2/c1-14-11-15(13-25(14)2)20-19(21(27)24-16-7-6-10-23-12-16)17-8-4-5-9-18(17)22(28)26(20)3/h4-13,19-20H,1-3H3,(H,24,27). The van der Waals surface area contributed by atoms with E-state index in [9.17, 15) is 9.59 Å². The van der Waals surface area contributed by atoms with Gasteiger partial charge in [0.05, 0.1) is 23.8 Å². The SMILES string of the molecule is Cc1cc(C2C(C(=O)Nc3cccnc3)c3ccccc3C(=O)N2C)cn1C. The zero-order valence-electron chi connectivity index (χ0n) is 16.1. The number of aryl methyl sites for hydroxylation is 2. The van der Waals surface area contributed by atoms with Gasteiger partial charge < -0.3 is 14.8 Å². The van der Waals surface area contributed by atoms with E-state index in [-0.39, 0.29) is 17.9 Å². The molecule has 0 radical (unpaired) electrons. The van der Waals surface area contributed by atoms with Gasteiger partial charge in [0.25, 0.3) is 5.91 Å². The second-order valence-corrected chi connectivity index (χ2v) is 7.18. The quantitative estimate of drug-likeness (QED) is 0.765. The van der Waals surface area contributed by atoms with Crippen LogP contribution in [-0.4, -0.2) is 33.3 Å². The minimum absolute atomic E-state index is 0.0764. The van der Waals surface area contributed by atoms with Crippen LogP contribution in [-0.2, 0) is 11.8 Å². The molecule has 4 rings (SSSR count). The maximum atomic E-state index is 13.4. The predicted molar refractivity (Wildman–Crippen MR) is 107 cm³/mol. The third kappa shape index (κ3) is 2.97. The third-order valence-corrected chi connectivity index (χ3v) is 5.41. The molecule has 1 aliphatic rings. The molecule has 1 aromatic carbocycles. The van der Waals surface area contributed by atoms with Crippen LogP contribution in [0.3, 0.4) is 0 Å². The van der Waals surface area contributed by atoms with E-state index in [2.05, 4.69) is 10.3 Å². The van der Waals surface area contributed by atoms with Gasteiger partial charge in [-0.25, -0.2) is 0 Å². The van der Waals surface area contributed by atoms with Crippen molar-refractivity contribution in [3.05, 3.63) is 83.4 Å². The second-order valence-electron chi connectivity index (χ2n) is 7.18. The molecule has 142 valence electrons. The van der Waals surface area contributed by atoms with Gasteiger partial charge in [-0.05, 0) is 42.3 Å². The highest BCUT2D eigenvalue weighted by Gasteiger charge is 2.43. The fraction of sp³-hybridized carbons (Fsp3) is 0.227. The van der Waals surface area contributed by atoms with Crippen LogP contribution in [0.4, 0.5) is 5.69 Å². The van der Waals surface area contributed by atoms with E-state index >= 15 is 0 Å². The molecule has 0 saturated heterocycles. The molecule has 1 N–H and O–H groups in total. The number of hydrogen-bond acceptors (Lipinski definition) is 3. The number of hydrogen-bond donors (Lipinski definition) is 1. The molecule has 1 aliphatic heterocycles. The highest BCUT2D eigenvalue weighted by Crippen LogP contribution is 2.42. The summed E-state index contributed by atoms with van der Waals surface area (Å²) in [6.45, 7) is 2.01. The van der Waals surface area contributed by atoms with Gasteiger partial charge in [0, 0.05) is 37.7 Å². The number of nitrogens with one attached hydrogen (secondary N) is 1. The molecule has 0 aliphatic carbocycles. The lowest BCUT2D eigenvalue weighted by atomic mass is 9.80. The Kier molecular flexibility index (Phi) is 4.47. The number of pyridine rings is 1. The number of aromatic nitrogens is 2. The number of rotatable bonds is 3. The maximum absolute atomic E-state index is 13.4. The van der Waals surface area contributed by atoms with Crippen LogP contribution in [0.15, 0.2) is 61.1 Å². The minimum Gasteiger partial charge on any atom is -0.354 e. The van der Waals surface area contributed by atoms with E-state index in [1.54, 1.807) is 42.5 Å². The van der Waals surface area contributed by atoms with Crippen LogP contribution < -0.4 is 5.32 Å². The molecule has 2 unspecified atom stereocenters. The zero-order chi connectivity index (χ0) is 19.8. The molecule has 6 heteroatoms. The molecule has 28 heavy (non-hydrogen) atoms. The summed E-state index contributed by atoms with van der Waals surface area (Å²) in [7, 11) is 3.72. The summed E-state index contributed by atoms with van der Waals surface area (Å²) in [5.74, 6) is -0.764. The first kappa shape index (κ1) is 18.0. The van der Waals surface area contributed by atoms with Crippen LogP contribution in [0.1, 0.15) is 39.1 Å². The lowest BCUT2D eigenvalue weighted by Crippen LogP contribution is -2.43. The Morgan fingerprint density at radius 2 is 1.93 bits per heavy atom. The maximum Gasteiger partial charge on any atom is 0.254 e. The van der Waals surface area contributed by atoms with Gasteiger partial charge in [-0.3, -0.25) is 14.6 Å². The molecule has 0 spiro atoms. The molecule has 0 fully saturated rings. The minimum atomic E-state index is -0.527. The molecular weight excluding hydrogens is 352 g/mol. The number of carbonyl (C=O) groups excluding carboxylic acids is 2. The molecule has 3 heterocycles. The largest absolute Gasteiger partial charge is 0.354 e. The topological polar surface area (TPSA) is 67.2 Å². The Hall–Kier alpha value is -3.41. The van der Waals surface area contributed by atoms with Crippen LogP contribution in [0.25, 0.3) is 0 Å². The van der Waals surface area contributed by atoms with Crippen molar-refractivity contribution >= 4 is 17.5 Å². The summed E-state index contributed by atoms with van der Waals surface area (Å²) in [5, 5.41) is 2.96. The van der Waals surface area contributed by atoms with Crippen LogP contribution in [0, 0.1) is 6.92 Å². The summed E-state index contributed by atoms with van der Waals surface area (Å²) in [4.78, 5) is 32.1. The average molecular weight is 374 g/mol. The molecule has 0 saturated carbocycles. The summed E-state index contributed by atoms with van der Waals surface area (Å²) in [6.07, 6.45) is 5.26. The van der Waals surface area contributed by atoms with Crippen LogP contribution in [0.2, 0.25) is 0 Å². The Morgan fingerprint density at radius 1 is 1.14 bits per heavy atom. The van der Waals surface area contributed by atoms with Gasteiger partial charge in [-0.2, -0.15) is 0 Å². The molecule has 0 bridgehead atoms. The van der Waals surface area contributed by atoms with Crippen molar-refractivity contribution in [3.63, 3.8) is 0 Å². The first-order valence-electron chi connectivity index (χ1n) is 9.17. The first-order valence-corrected chi connectivity index (χ1v) is 9.17. The van der Waals surface area contributed by atoms with E-state index < -0.39 is 5.92 Å². The van der Waals surface area contributed by atoms with Gasteiger partial charge in [-0.1, -0.05) is 18.2 Å². The van der Waals surface area contributed by atoms with Crippen molar-refractivity contribution in [1.29, 1.82) is 0 Å². The monoisotopic (exact) mass is 374 g/mol. The van der Waals surface area contributed by atoms with Crippen molar-refractivity contribution in [2.24, 2.45) is 7.05 Å². The van der Waals surface area contributed by atoms with E-state index in [0.717, 1.165) is 16.8 Å². The van der Waals surface area contributed by atoms with Crippen molar-refractivity contribution < 1.29 is 9.59 Å². The van der Waals surface area contributed by atoms with Gasteiger partial charge in [0.15, 0.2) is 0 Å². The van der Waals surface area contributed by atoms with Gasteiger partial charge in [0.1, 0.15) is 0 Å². The number of fused-ring (bicyclic) bond motifs is 1. The Bertz CT molecular complexity index is 1020. The molecule has 3 aromatic rings. The first-order chi connectivity index (χ1) is 13.5. The van der Waals surface area contributed by atoms with Gasteiger partial charge in [0.2, 0.25) is 5.91 Å². The zero-order valence-corrected chi connectivity index (χ0v) is 16.1. The molecule has 6 nitrogen and oxygen atoms in total. The van der Waals surface area contributed by atoms with Crippen molar-refractivity contribution in [2.45, 2.75) is 18.9 Å². The van der Waals surface area contributed by atoms with Crippen LogP contribution in [0.5, 0.6) is 0 Å².